The highest BCUT2D eigenvalue weighted by atomic mass is 32.1. The molecule has 0 aliphatic carbocycles. The summed E-state index contributed by atoms with van der Waals surface area (Å²) in [6.07, 6.45) is 3.77. The van der Waals surface area contributed by atoms with Gasteiger partial charge in [0.15, 0.2) is 0 Å². The zero-order valence-electron chi connectivity index (χ0n) is 16.6. The SMILES string of the molecule is Cc1ccc([C@]2(CCN[C@@H](C)c3cccs3)CCO[C@H](C(C)C)C2)cc1. The van der Waals surface area contributed by atoms with Crippen molar-refractivity contribution in [2.24, 2.45) is 5.92 Å². The number of aryl methyl sites for hydroxylation is 1. The van der Waals surface area contributed by atoms with Gasteiger partial charge < -0.3 is 10.1 Å². The first-order chi connectivity index (χ1) is 12.5. The number of nitrogens with one attached hydrogen (secondary N) is 1. The van der Waals surface area contributed by atoms with E-state index in [1.807, 2.05) is 11.3 Å². The number of ether oxygens (including phenoxy) is 1. The molecule has 2 aromatic rings. The van der Waals surface area contributed by atoms with Crippen molar-refractivity contribution in [3.63, 3.8) is 0 Å². The summed E-state index contributed by atoms with van der Waals surface area (Å²) in [5.41, 5.74) is 3.05. The van der Waals surface area contributed by atoms with Gasteiger partial charge in [0.25, 0.3) is 0 Å². The molecule has 0 unspecified atom stereocenters. The number of hydrogen-bond acceptors (Lipinski definition) is 3. The van der Waals surface area contributed by atoms with Crippen molar-refractivity contribution >= 4 is 11.3 Å². The number of thiophene rings is 1. The third kappa shape index (κ3) is 4.57. The second-order valence-corrected chi connectivity index (χ2v) is 9.17. The summed E-state index contributed by atoms with van der Waals surface area (Å²) in [5, 5.41) is 5.91. The molecule has 0 saturated carbocycles. The molecule has 0 bridgehead atoms. The van der Waals surface area contributed by atoms with E-state index in [0.29, 0.717) is 18.1 Å². The van der Waals surface area contributed by atoms with Gasteiger partial charge in [-0.1, -0.05) is 49.7 Å². The largest absolute Gasteiger partial charge is 0.378 e. The van der Waals surface area contributed by atoms with Crippen molar-refractivity contribution in [3.05, 3.63) is 57.8 Å². The van der Waals surface area contributed by atoms with Gasteiger partial charge >= 0.3 is 0 Å². The average Bonchev–Trinajstić information content (AvgIpc) is 3.17. The summed E-state index contributed by atoms with van der Waals surface area (Å²) in [6, 6.07) is 14.0. The number of benzene rings is 1. The second-order valence-electron chi connectivity index (χ2n) is 8.19. The topological polar surface area (TPSA) is 21.3 Å². The molecule has 1 saturated heterocycles. The van der Waals surface area contributed by atoms with Gasteiger partial charge in [-0.05, 0) is 62.6 Å². The molecule has 2 heterocycles. The van der Waals surface area contributed by atoms with Crippen LogP contribution in [0.1, 0.15) is 62.1 Å². The molecule has 1 aliphatic heterocycles. The Morgan fingerprint density at radius 1 is 1.19 bits per heavy atom. The highest BCUT2D eigenvalue weighted by molar-refractivity contribution is 7.10. The molecule has 2 nitrogen and oxygen atoms in total. The Hall–Kier alpha value is -1.16. The Labute approximate surface area is 163 Å². The van der Waals surface area contributed by atoms with E-state index in [9.17, 15) is 0 Å². The molecule has 142 valence electrons. The first kappa shape index (κ1) is 19.6. The summed E-state index contributed by atoms with van der Waals surface area (Å²) in [7, 11) is 0. The molecule has 0 spiro atoms. The maximum absolute atomic E-state index is 6.11. The fraction of sp³-hybridized carbons (Fsp3) is 0.565. The predicted molar refractivity (Wildman–Crippen MR) is 112 cm³/mol. The zero-order valence-corrected chi connectivity index (χ0v) is 17.4. The first-order valence-corrected chi connectivity index (χ1v) is 10.8. The second kappa shape index (κ2) is 8.69. The lowest BCUT2D eigenvalue weighted by molar-refractivity contribution is -0.0470. The van der Waals surface area contributed by atoms with Crippen molar-refractivity contribution in [1.82, 2.24) is 5.32 Å². The van der Waals surface area contributed by atoms with Gasteiger partial charge in [-0.25, -0.2) is 0 Å². The summed E-state index contributed by atoms with van der Waals surface area (Å²) < 4.78 is 6.11. The molecule has 1 aromatic carbocycles. The van der Waals surface area contributed by atoms with E-state index >= 15 is 0 Å². The van der Waals surface area contributed by atoms with Crippen LogP contribution in [0.4, 0.5) is 0 Å². The van der Waals surface area contributed by atoms with Crippen LogP contribution in [-0.4, -0.2) is 19.3 Å². The van der Waals surface area contributed by atoms with Gasteiger partial charge in [0, 0.05) is 22.9 Å². The average molecular weight is 372 g/mol. The fourth-order valence-electron chi connectivity index (χ4n) is 4.09. The smallest absolute Gasteiger partial charge is 0.0606 e. The van der Waals surface area contributed by atoms with Gasteiger partial charge in [0.2, 0.25) is 0 Å². The normalized spacial score (nSPS) is 24.7. The molecule has 1 fully saturated rings. The van der Waals surface area contributed by atoms with Gasteiger partial charge in [0.05, 0.1) is 6.10 Å². The Morgan fingerprint density at radius 3 is 2.62 bits per heavy atom. The van der Waals surface area contributed by atoms with Crippen LogP contribution < -0.4 is 5.32 Å². The molecule has 26 heavy (non-hydrogen) atoms. The van der Waals surface area contributed by atoms with Crippen molar-refractivity contribution in [2.45, 2.75) is 64.5 Å². The molecule has 0 radical (unpaired) electrons. The van der Waals surface area contributed by atoms with Crippen LogP contribution in [0.15, 0.2) is 41.8 Å². The van der Waals surface area contributed by atoms with E-state index in [4.69, 9.17) is 4.74 Å². The van der Waals surface area contributed by atoms with Gasteiger partial charge in [-0.15, -0.1) is 11.3 Å². The Bertz CT molecular complexity index is 664. The molecule has 1 aromatic heterocycles. The Balaban J connectivity index is 1.73. The molecule has 3 heteroatoms. The van der Waals surface area contributed by atoms with Crippen molar-refractivity contribution < 1.29 is 4.74 Å². The lowest BCUT2D eigenvalue weighted by atomic mass is 9.68. The van der Waals surface area contributed by atoms with Crippen LogP contribution in [0.25, 0.3) is 0 Å². The minimum atomic E-state index is 0.225. The first-order valence-electron chi connectivity index (χ1n) is 9.96. The fourth-order valence-corrected chi connectivity index (χ4v) is 4.85. The molecule has 1 aliphatic rings. The summed E-state index contributed by atoms with van der Waals surface area (Å²) in [5.74, 6) is 0.568. The van der Waals surface area contributed by atoms with Crippen LogP contribution in [0.2, 0.25) is 0 Å². The molecular formula is C23H33NOS. The molecular weight excluding hydrogens is 338 g/mol. The lowest BCUT2D eigenvalue weighted by Gasteiger charge is -2.43. The predicted octanol–water partition coefficient (Wildman–Crippen LogP) is 5.87. The van der Waals surface area contributed by atoms with E-state index in [2.05, 4.69) is 74.8 Å². The number of hydrogen-bond donors (Lipinski definition) is 1. The summed E-state index contributed by atoms with van der Waals surface area (Å²) in [6.45, 7) is 10.9. The van der Waals surface area contributed by atoms with Crippen LogP contribution in [0, 0.1) is 12.8 Å². The Morgan fingerprint density at radius 2 is 1.96 bits per heavy atom. The van der Waals surface area contributed by atoms with Crippen molar-refractivity contribution in [1.29, 1.82) is 0 Å². The highest BCUT2D eigenvalue weighted by Crippen LogP contribution is 2.42. The number of rotatable bonds is 7. The van der Waals surface area contributed by atoms with E-state index in [0.717, 1.165) is 26.0 Å². The van der Waals surface area contributed by atoms with Crippen LogP contribution in [0.3, 0.4) is 0 Å². The summed E-state index contributed by atoms with van der Waals surface area (Å²) in [4.78, 5) is 1.42. The van der Waals surface area contributed by atoms with Gasteiger partial charge in [-0.3, -0.25) is 0 Å². The molecule has 3 rings (SSSR count). The highest BCUT2D eigenvalue weighted by Gasteiger charge is 2.39. The van der Waals surface area contributed by atoms with Crippen molar-refractivity contribution in [2.75, 3.05) is 13.2 Å². The van der Waals surface area contributed by atoms with Gasteiger partial charge in [0.1, 0.15) is 0 Å². The van der Waals surface area contributed by atoms with Crippen LogP contribution >= 0.6 is 11.3 Å². The maximum Gasteiger partial charge on any atom is 0.0606 e. The van der Waals surface area contributed by atoms with E-state index < -0.39 is 0 Å². The van der Waals surface area contributed by atoms with Gasteiger partial charge in [-0.2, -0.15) is 0 Å². The quantitative estimate of drug-likeness (QED) is 0.657. The Kier molecular flexibility index (Phi) is 6.55. The zero-order chi connectivity index (χ0) is 18.6. The molecule has 0 amide bonds. The van der Waals surface area contributed by atoms with Crippen molar-refractivity contribution in [3.8, 4) is 0 Å². The minimum Gasteiger partial charge on any atom is -0.378 e. The molecule has 1 N–H and O–H groups in total. The van der Waals surface area contributed by atoms with Crippen LogP contribution in [-0.2, 0) is 10.2 Å². The van der Waals surface area contributed by atoms with E-state index in [-0.39, 0.29) is 5.41 Å². The standard InChI is InChI=1S/C23H33NOS/c1-17(2)21-16-23(12-14-25-21,20-9-7-18(3)8-10-20)11-13-24-19(4)22-6-5-15-26-22/h5-10,15,17,19,21,24H,11-14,16H2,1-4H3/t19-,21-,23+/m0/s1. The summed E-state index contributed by atoms with van der Waals surface area (Å²) >= 11 is 1.84. The van der Waals surface area contributed by atoms with Crippen LogP contribution in [0.5, 0.6) is 0 Å². The van der Waals surface area contributed by atoms with E-state index in [1.54, 1.807) is 0 Å². The third-order valence-electron chi connectivity index (χ3n) is 5.94. The third-order valence-corrected chi connectivity index (χ3v) is 6.99. The van der Waals surface area contributed by atoms with E-state index in [1.165, 1.54) is 22.4 Å². The molecule has 3 atom stereocenters. The lowest BCUT2D eigenvalue weighted by Crippen LogP contribution is -2.42. The maximum atomic E-state index is 6.11. The monoisotopic (exact) mass is 371 g/mol. The minimum absolute atomic E-state index is 0.225.